The Bertz CT molecular complexity index is 369. The van der Waals surface area contributed by atoms with Crippen molar-refractivity contribution in [2.75, 3.05) is 32.9 Å². The van der Waals surface area contributed by atoms with E-state index in [1.807, 2.05) is 18.2 Å². The van der Waals surface area contributed by atoms with E-state index in [2.05, 4.69) is 5.32 Å². The van der Waals surface area contributed by atoms with Gasteiger partial charge in [0.2, 0.25) is 0 Å². The fourth-order valence-electron chi connectivity index (χ4n) is 1.89. The predicted octanol–water partition coefficient (Wildman–Crippen LogP) is 1.38. The van der Waals surface area contributed by atoms with Crippen LogP contribution in [0.15, 0.2) is 24.3 Å². The maximum absolute atomic E-state index is 10.0. The van der Waals surface area contributed by atoms with Crippen LogP contribution in [-0.2, 0) is 9.47 Å². The maximum atomic E-state index is 10.0. The highest BCUT2D eigenvalue weighted by Gasteiger charge is 2.15. The average molecular weight is 272 g/mol. The molecule has 2 rings (SSSR count). The molecule has 0 bridgehead atoms. The molecule has 0 amide bonds. The van der Waals surface area contributed by atoms with Crippen molar-refractivity contribution in [1.29, 1.82) is 0 Å². The summed E-state index contributed by atoms with van der Waals surface area (Å²) in [6, 6.07) is 7.31. The molecule has 4 nitrogen and oxygen atoms in total. The number of hydrogen-bond donors (Lipinski definition) is 2. The molecule has 1 aliphatic heterocycles. The summed E-state index contributed by atoms with van der Waals surface area (Å²) in [4.78, 5) is 0. The van der Waals surface area contributed by atoms with Crippen LogP contribution in [0.1, 0.15) is 11.7 Å². The van der Waals surface area contributed by atoms with Crippen LogP contribution in [0, 0.1) is 0 Å². The lowest BCUT2D eigenvalue weighted by atomic mass is 10.1. The highest BCUT2D eigenvalue weighted by Crippen LogP contribution is 2.21. The third-order valence-corrected chi connectivity index (χ3v) is 3.20. The number of aliphatic hydroxyl groups excluding tert-OH is 1. The molecule has 2 N–H and O–H groups in total. The van der Waals surface area contributed by atoms with Crippen LogP contribution >= 0.6 is 11.6 Å². The highest BCUT2D eigenvalue weighted by molar-refractivity contribution is 6.31. The Balaban J connectivity index is 1.74. The van der Waals surface area contributed by atoms with Crippen molar-refractivity contribution >= 4 is 11.6 Å². The summed E-state index contributed by atoms with van der Waals surface area (Å²) >= 11 is 6.01. The third kappa shape index (κ3) is 3.93. The number of hydrogen-bond acceptors (Lipinski definition) is 4. The summed E-state index contributed by atoms with van der Waals surface area (Å²) < 4.78 is 10.8. The molecule has 2 unspecified atom stereocenters. The van der Waals surface area contributed by atoms with E-state index in [1.165, 1.54) is 0 Å². The Labute approximate surface area is 112 Å². The van der Waals surface area contributed by atoms with E-state index in [4.69, 9.17) is 21.1 Å². The van der Waals surface area contributed by atoms with Gasteiger partial charge in [-0.3, -0.25) is 0 Å². The normalized spacial score (nSPS) is 21.8. The summed E-state index contributed by atoms with van der Waals surface area (Å²) in [5.74, 6) is 0. The first kappa shape index (κ1) is 13.8. The van der Waals surface area contributed by atoms with Gasteiger partial charge in [0.25, 0.3) is 0 Å². The number of nitrogens with one attached hydrogen (secondary N) is 1. The minimum absolute atomic E-state index is 0.0668. The first-order valence-corrected chi connectivity index (χ1v) is 6.47. The molecular weight excluding hydrogens is 254 g/mol. The third-order valence-electron chi connectivity index (χ3n) is 2.86. The summed E-state index contributed by atoms with van der Waals surface area (Å²) in [7, 11) is 0. The Hall–Kier alpha value is -0.650. The van der Waals surface area contributed by atoms with Gasteiger partial charge in [0, 0.05) is 23.7 Å². The van der Waals surface area contributed by atoms with Gasteiger partial charge in [-0.1, -0.05) is 29.8 Å². The molecule has 1 saturated heterocycles. The van der Waals surface area contributed by atoms with Crippen LogP contribution in [0.3, 0.4) is 0 Å². The second kappa shape index (κ2) is 7.07. The van der Waals surface area contributed by atoms with Crippen molar-refractivity contribution in [3.63, 3.8) is 0 Å². The first-order chi connectivity index (χ1) is 8.77. The monoisotopic (exact) mass is 271 g/mol. The van der Waals surface area contributed by atoms with Crippen molar-refractivity contribution < 1.29 is 14.6 Å². The van der Waals surface area contributed by atoms with Crippen LogP contribution in [-0.4, -0.2) is 44.1 Å². The lowest BCUT2D eigenvalue weighted by Gasteiger charge is -2.23. The van der Waals surface area contributed by atoms with E-state index in [1.54, 1.807) is 6.07 Å². The van der Waals surface area contributed by atoms with Crippen molar-refractivity contribution in [1.82, 2.24) is 5.32 Å². The highest BCUT2D eigenvalue weighted by atomic mass is 35.5. The quantitative estimate of drug-likeness (QED) is 0.850. The lowest BCUT2D eigenvalue weighted by Crippen LogP contribution is -2.38. The summed E-state index contributed by atoms with van der Waals surface area (Å²) in [5, 5.41) is 13.8. The molecule has 1 fully saturated rings. The van der Waals surface area contributed by atoms with Gasteiger partial charge in [-0.05, 0) is 6.07 Å². The zero-order valence-electron chi connectivity index (χ0n) is 10.1. The second-order valence-electron chi connectivity index (χ2n) is 4.26. The van der Waals surface area contributed by atoms with Gasteiger partial charge in [-0.2, -0.15) is 0 Å². The van der Waals surface area contributed by atoms with Crippen molar-refractivity contribution in [2.45, 2.75) is 12.2 Å². The number of rotatable bonds is 5. The van der Waals surface area contributed by atoms with Crippen LogP contribution in [0.5, 0.6) is 0 Å². The summed E-state index contributed by atoms with van der Waals surface area (Å²) in [5.41, 5.74) is 0.743. The van der Waals surface area contributed by atoms with Crippen molar-refractivity contribution in [3.8, 4) is 0 Å². The van der Waals surface area contributed by atoms with Gasteiger partial charge < -0.3 is 19.9 Å². The molecule has 5 heteroatoms. The van der Waals surface area contributed by atoms with Crippen LogP contribution < -0.4 is 5.32 Å². The summed E-state index contributed by atoms with van der Waals surface area (Å²) in [6.45, 7) is 3.03. The number of halogens is 1. The average Bonchev–Trinajstić information content (AvgIpc) is 2.40. The molecule has 100 valence electrons. The van der Waals surface area contributed by atoms with E-state index < -0.39 is 6.10 Å². The number of ether oxygens (including phenoxy) is 2. The molecule has 1 heterocycles. The van der Waals surface area contributed by atoms with Gasteiger partial charge in [0.15, 0.2) is 0 Å². The van der Waals surface area contributed by atoms with E-state index in [0.29, 0.717) is 37.9 Å². The Morgan fingerprint density at radius 1 is 1.39 bits per heavy atom. The largest absolute Gasteiger partial charge is 0.387 e. The van der Waals surface area contributed by atoms with E-state index in [-0.39, 0.29) is 6.10 Å². The van der Waals surface area contributed by atoms with Gasteiger partial charge in [-0.25, -0.2) is 0 Å². The maximum Gasteiger partial charge on any atom is 0.0933 e. The van der Waals surface area contributed by atoms with Crippen molar-refractivity contribution in [3.05, 3.63) is 34.9 Å². The molecule has 2 atom stereocenters. The molecule has 18 heavy (non-hydrogen) atoms. The zero-order chi connectivity index (χ0) is 12.8. The van der Waals surface area contributed by atoms with Gasteiger partial charge in [-0.15, -0.1) is 0 Å². The molecule has 1 aromatic carbocycles. The van der Waals surface area contributed by atoms with Crippen molar-refractivity contribution in [2.24, 2.45) is 0 Å². The van der Waals surface area contributed by atoms with E-state index >= 15 is 0 Å². The fraction of sp³-hybridized carbons (Fsp3) is 0.538. The van der Waals surface area contributed by atoms with Gasteiger partial charge in [0.1, 0.15) is 0 Å². The van der Waals surface area contributed by atoms with Crippen LogP contribution in [0.2, 0.25) is 5.02 Å². The molecule has 0 radical (unpaired) electrons. The standard InChI is InChI=1S/C13H18ClNO3/c14-12-4-2-1-3-11(12)13(16)8-15-7-10-9-17-5-6-18-10/h1-4,10,13,15-16H,5-9H2. The zero-order valence-corrected chi connectivity index (χ0v) is 10.9. The first-order valence-electron chi connectivity index (χ1n) is 6.10. The molecular formula is C13H18ClNO3. The Morgan fingerprint density at radius 2 is 2.22 bits per heavy atom. The molecule has 1 aromatic rings. The topological polar surface area (TPSA) is 50.7 Å². The summed E-state index contributed by atoms with van der Waals surface area (Å²) in [6.07, 6.45) is -0.541. The number of benzene rings is 1. The predicted molar refractivity (Wildman–Crippen MR) is 69.8 cm³/mol. The molecule has 0 spiro atoms. The minimum Gasteiger partial charge on any atom is -0.387 e. The minimum atomic E-state index is -0.608. The van der Waals surface area contributed by atoms with Gasteiger partial charge in [0.05, 0.1) is 32.0 Å². The molecule has 0 aromatic heterocycles. The lowest BCUT2D eigenvalue weighted by molar-refractivity contribution is -0.0868. The Kier molecular flexibility index (Phi) is 5.41. The smallest absolute Gasteiger partial charge is 0.0933 e. The number of aliphatic hydroxyl groups is 1. The Morgan fingerprint density at radius 3 is 2.94 bits per heavy atom. The van der Waals surface area contributed by atoms with Crippen LogP contribution in [0.4, 0.5) is 0 Å². The van der Waals surface area contributed by atoms with Crippen LogP contribution in [0.25, 0.3) is 0 Å². The molecule has 0 aliphatic carbocycles. The van der Waals surface area contributed by atoms with Gasteiger partial charge >= 0.3 is 0 Å². The second-order valence-corrected chi connectivity index (χ2v) is 4.67. The van der Waals surface area contributed by atoms with E-state index in [0.717, 1.165) is 5.56 Å². The van der Waals surface area contributed by atoms with E-state index in [9.17, 15) is 5.11 Å². The molecule has 0 saturated carbocycles. The SMILES string of the molecule is OC(CNCC1COCCO1)c1ccccc1Cl. The fourth-order valence-corrected chi connectivity index (χ4v) is 2.15. The molecule has 1 aliphatic rings.